The van der Waals surface area contributed by atoms with E-state index in [4.69, 9.17) is 0 Å². The summed E-state index contributed by atoms with van der Waals surface area (Å²) in [5.74, 6) is 0.352. The summed E-state index contributed by atoms with van der Waals surface area (Å²) in [6, 6.07) is 9.88. The van der Waals surface area contributed by atoms with E-state index >= 15 is 0 Å². The van der Waals surface area contributed by atoms with Crippen LogP contribution in [0.1, 0.15) is 45.1 Å². The van der Waals surface area contributed by atoms with Gasteiger partial charge in [-0.1, -0.05) is 63.1 Å². The Morgan fingerprint density at radius 2 is 1.91 bits per heavy atom. The Balaban J connectivity index is 2.29. The number of hydrogen-bond acceptors (Lipinski definition) is 3. The summed E-state index contributed by atoms with van der Waals surface area (Å²) in [6.07, 6.45) is 8.30. The average molecular weight is 328 g/mol. The van der Waals surface area contributed by atoms with Crippen LogP contribution < -0.4 is 5.32 Å². The summed E-state index contributed by atoms with van der Waals surface area (Å²) in [5.41, 5.74) is 1.70. The zero-order chi connectivity index (χ0) is 16.5. The number of allylic oxidation sites excluding steroid dienone is 1. The number of carbonyl (C=O) groups excluding carboxylic acids is 1. The average Bonchev–Trinajstić information content (AvgIpc) is 3.06. The maximum Gasteiger partial charge on any atom is 0.257 e. The number of amides is 1. The number of nitrogens with zero attached hydrogens (tertiary/aromatic N) is 1. The first-order valence-electron chi connectivity index (χ1n) is 8.22. The summed E-state index contributed by atoms with van der Waals surface area (Å²) in [7, 11) is 0. The second kappa shape index (κ2) is 9.26. The minimum Gasteiger partial charge on any atom is -0.298 e. The number of benzene rings is 1. The van der Waals surface area contributed by atoms with Gasteiger partial charge in [-0.25, -0.2) is 4.98 Å². The van der Waals surface area contributed by atoms with Gasteiger partial charge < -0.3 is 0 Å². The van der Waals surface area contributed by atoms with E-state index < -0.39 is 0 Å². The highest BCUT2D eigenvalue weighted by Gasteiger charge is 2.15. The lowest BCUT2D eigenvalue weighted by Crippen LogP contribution is -2.15. The monoisotopic (exact) mass is 328 g/mol. The topological polar surface area (TPSA) is 42.0 Å². The fourth-order valence-corrected chi connectivity index (χ4v) is 3.18. The van der Waals surface area contributed by atoms with Crippen LogP contribution in [0, 0.1) is 5.92 Å². The van der Waals surface area contributed by atoms with Gasteiger partial charge in [0.25, 0.3) is 5.91 Å². The van der Waals surface area contributed by atoms with Crippen LogP contribution >= 0.6 is 11.3 Å². The maximum absolute atomic E-state index is 12.7. The second-order valence-electron chi connectivity index (χ2n) is 5.58. The molecule has 1 amide bonds. The van der Waals surface area contributed by atoms with E-state index in [0.29, 0.717) is 11.0 Å². The maximum atomic E-state index is 12.7. The van der Waals surface area contributed by atoms with E-state index in [2.05, 4.69) is 30.2 Å². The molecule has 1 heterocycles. The van der Waals surface area contributed by atoms with Crippen LogP contribution in [0.25, 0.3) is 5.57 Å². The highest BCUT2D eigenvalue weighted by Crippen LogP contribution is 2.24. The van der Waals surface area contributed by atoms with Crippen molar-refractivity contribution in [2.75, 3.05) is 5.32 Å². The summed E-state index contributed by atoms with van der Waals surface area (Å²) >= 11 is 1.43. The van der Waals surface area contributed by atoms with Crippen molar-refractivity contribution in [3.05, 3.63) is 53.5 Å². The lowest BCUT2D eigenvalue weighted by molar-refractivity contribution is -0.111. The van der Waals surface area contributed by atoms with Crippen molar-refractivity contribution in [2.45, 2.75) is 39.5 Å². The molecule has 0 aliphatic heterocycles. The third kappa shape index (κ3) is 5.32. The van der Waals surface area contributed by atoms with Crippen LogP contribution in [-0.4, -0.2) is 10.9 Å². The Morgan fingerprint density at radius 3 is 2.48 bits per heavy atom. The van der Waals surface area contributed by atoms with Gasteiger partial charge in [0, 0.05) is 17.2 Å². The normalized spacial score (nSPS) is 11.7. The van der Waals surface area contributed by atoms with Crippen LogP contribution in [0.3, 0.4) is 0 Å². The zero-order valence-electron chi connectivity index (χ0n) is 13.8. The quantitative estimate of drug-likeness (QED) is 0.661. The molecule has 0 unspecified atom stereocenters. The molecule has 3 nitrogen and oxygen atoms in total. The van der Waals surface area contributed by atoms with Gasteiger partial charge in [-0.2, -0.15) is 0 Å². The Morgan fingerprint density at radius 1 is 1.22 bits per heavy atom. The van der Waals surface area contributed by atoms with E-state index in [-0.39, 0.29) is 5.91 Å². The standard InChI is InChI=1S/C19H24N2OS/c1-3-8-15(9-4-2)14-17(16-10-6-5-7-11-16)18(22)21-19-20-12-13-23-19/h5-7,10-15H,3-4,8-9H2,1-2H3,(H,20,21,22)/b17-14+. The van der Waals surface area contributed by atoms with Gasteiger partial charge in [0.1, 0.15) is 0 Å². The van der Waals surface area contributed by atoms with Gasteiger partial charge in [-0.15, -0.1) is 11.3 Å². The molecule has 4 heteroatoms. The lowest BCUT2D eigenvalue weighted by atomic mass is 9.93. The molecular weight excluding hydrogens is 304 g/mol. The smallest absolute Gasteiger partial charge is 0.257 e. The van der Waals surface area contributed by atoms with Crippen LogP contribution in [0.2, 0.25) is 0 Å². The first-order valence-corrected chi connectivity index (χ1v) is 9.10. The molecule has 0 spiro atoms. The molecule has 0 radical (unpaired) electrons. The molecule has 1 N–H and O–H groups in total. The molecule has 122 valence electrons. The number of rotatable bonds is 8. The minimum absolute atomic E-state index is 0.0802. The predicted octanol–water partition coefficient (Wildman–Crippen LogP) is 5.38. The van der Waals surface area contributed by atoms with Crippen LogP contribution in [-0.2, 0) is 4.79 Å². The van der Waals surface area contributed by atoms with E-state index in [1.54, 1.807) is 6.20 Å². The minimum atomic E-state index is -0.0802. The Hall–Kier alpha value is -1.94. The highest BCUT2D eigenvalue weighted by molar-refractivity contribution is 7.13. The number of thiazole rings is 1. The Bertz CT molecular complexity index is 614. The largest absolute Gasteiger partial charge is 0.298 e. The molecule has 0 saturated heterocycles. The molecule has 1 aromatic carbocycles. The van der Waals surface area contributed by atoms with Gasteiger partial charge >= 0.3 is 0 Å². The van der Waals surface area contributed by atoms with E-state index in [1.807, 2.05) is 35.7 Å². The van der Waals surface area contributed by atoms with Crippen molar-refractivity contribution in [2.24, 2.45) is 5.92 Å². The van der Waals surface area contributed by atoms with Gasteiger partial charge in [0.05, 0.1) is 0 Å². The van der Waals surface area contributed by atoms with Crippen molar-refractivity contribution in [1.29, 1.82) is 0 Å². The molecular formula is C19H24N2OS. The molecule has 23 heavy (non-hydrogen) atoms. The molecule has 0 fully saturated rings. The molecule has 0 aliphatic rings. The van der Waals surface area contributed by atoms with Gasteiger partial charge in [0.2, 0.25) is 0 Å². The molecule has 0 atom stereocenters. The predicted molar refractivity (Wildman–Crippen MR) is 98.5 cm³/mol. The summed E-state index contributed by atoms with van der Waals surface area (Å²) in [5, 5.41) is 5.41. The van der Waals surface area contributed by atoms with Crippen LogP contribution in [0.4, 0.5) is 5.13 Å². The van der Waals surface area contributed by atoms with Crippen molar-refractivity contribution in [3.8, 4) is 0 Å². The second-order valence-corrected chi connectivity index (χ2v) is 6.47. The molecule has 0 bridgehead atoms. The molecule has 1 aromatic heterocycles. The molecule has 0 aliphatic carbocycles. The summed E-state index contributed by atoms with van der Waals surface area (Å²) in [4.78, 5) is 16.9. The van der Waals surface area contributed by atoms with Crippen LogP contribution in [0.15, 0.2) is 48.0 Å². The molecule has 2 aromatic rings. The fraction of sp³-hybridized carbons (Fsp3) is 0.368. The first-order chi connectivity index (χ1) is 11.2. The fourth-order valence-electron chi connectivity index (χ4n) is 2.66. The summed E-state index contributed by atoms with van der Waals surface area (Å²) in [6.45, 7) is 4.38. The Kier molecular flexibility index (Phi) is 7.01. The number of aromatic nitrogens is 1. The van der Waals surface area contributed by atoms with Gasteiger partial charge in [-0.05, 0) is 24.3 Å². The summed E-state index contributed by atoms with van der Waals surface area (Å²) < 4.78 is 0. The van der Waals surface area contributed by atoms with E-state index in [9.17, 15) is 4.79 Å². The van der Waals surface area contributed by atoms with E-state index in [0.717, 1.165) is 36.8 Å². The molecule has 0 saturated carbocycles. The van der Waals surface area contributed by atoms with Gasteiger partial charge in [-0.3, -0.25) is 10.1 Å². The first kappa shape index (κ1) is 17.4. The van der Waals surface area contributed by atoms with Crippen molar-refractivity contribution >= 4 is 27.9 Å². The third-order valence-electron chi connectivity index (χ3n) is 3.70. The number of nitrogens with one attached hydrogen (secondary N) is 1. The molecule has 2 rings (SSSR count). The Labute approximate surface area is 142 Å². The van der Waals surface area contributed by atoms with E-state index in [1.165, 1.54) is 11.3 Å². The number of carbonyl (C=O) groups is 1. The van der Waals surface area contributed by atoms with Gasteiger partial charge in [0.15, 0.2) is 5.13 Å². The van der Waals surface area contributed by atoms with Crippen LogP contribution in [0.5, 0.6) is 0 Å². The highest BCUT2D eigenvalue weighted by atomic mass is 32.1. The number of hydrogen-bond donors (Lipinski definition) is 1. The number of anilines is 1. The van der Waals surface area contributed by atoms with Crippen molar-refractivity contribution in [3.63, 3.8) is 0 Å². The van der Waals surface area contributed by atoms with Crippen molar-refractivity contribution in [1.82, 2.24) is 4.98 Å². The lowest BCUT2D eigenvalue weighted by Gasteiger charge is -2.14. The SMILES string of the molecule is CCCC(/C=C(/C(=O)Nc1nccs1)c1ccccc1)CCC. The van der Waals surface area contributed by atoms with Crippen molar-refractivity contribution < 1.29 is 4.79 Å². The third-order valence-corrected chi connectivity index (χ3v) is 4.39. The zero-order valence-corrected chi connectivity index (χ0v) is 14.6.